The van der Waals surface area contributed by atoms with Crippen LogP contribution in [0.15, 0.2) is 91.0 Å². The summed E-state index contributed by atoms with van der Waals surface area (Å²) in [6.45, 7) is 1.62. The quantitative estimate of drug-likeness (QED) is 0.260. The molecule has 0 aliphatic carbocycles. The van der Waals surface area contributed by atoms with E-state index in [0.29, 0.717) is 30.9 Å². The molecule has 4 rings (SSSR count). The molecule has 1 fully saturated rings. The summed E-state index contributed by atoms with van der Waals surface area (Å²) in [5.41, 5.74) is 3.20. The molecule has 0 bridgehead atoms. The lowest BCUT2D eigenvalue weighted by atomic mass is 9.95. The van der Waals surface area contributed by atoms with Crippen molar-refractivity contribution < 1.29 is 24.1 Å². The van der Waals surface area contributed by atoms with Gasteiger partial charge in [0.2, 0.25) is 0 Å². The van der Waals surface area contributed by atoms with Crippen molar-refractivity contribution >= 4 is 22.6 Å². The molecule has 1 aliphatic rings. The number of alkyl halides is 1. The van der Waals surface area contributed by atoms with Crippen LogP contribution in [-0.2, 0) is 38.8 Å². The Bertz CT molecular complexity index is 956. The second-order valence-corrected chi connectivity index (χ2v) is 9.26. The van der Waals surface area contributed by atoms with Crippen LogP contribution in [0.25, 0.3) is 0 Å². The lowest BCUT2D eigenvalue weighted by molar-refractivity contribution is -0.255. The van der Waals surface area contributed by atoms with Crippen LogP contribution in [0.3, 0.4) is 0 Å². The predicted molar refractivity (Wildman–Crippen MR) is 140 cm³/mol. The number of rotatable bonds is 11. The first-order valence-electron chi connectivity index (χ1n) is 11.6. The van der Waals surface area contributed by atoms with Gasteiger partial charge in [-0.15, -0.1) is 0 Å². The average molecular weight is 574 g/mol. The summed E-state index contributed by atoms with van der Waals surface area (Å²) < 4.78 is 25.6. The zero-order valence-electron chi connectivity index (χ0n) is 19.0. The Hall–Kier alpha value is -1.81. The van der Waals surface area contributed by atoms with Gasteiger partial charge >= 0.3 is 0 Å². The topological polar surface area (TPSA) is 57.2 Å². The van der Waals surface area contributed by atoms with E-state index in [0.717, 1.165) is 16.7 Å². The molecule has 0 spiro atoms. The van der Waals surface area contributed by atoms with Crippen LogP contribution in [0.2, 0.25) is 0 Å². The third kappa shape index (κ3) is 7.10. The largest absolute Gasteiger partial charge is 0.388 e. The van der Waals surface area contributed by atoms with Crippen LogP contribution in [0.5, 0.6) is 0 Å². The molecule has 5 atom stereocenters. The van der Waals surface area contributed by atoms with E-state index in [2.05, 4.69) is 22.6 Å². The van der Waals surface area contributed by atoms with Gasteiger partial charge in [-0.05, 0) is 16.7 Å². The van der Waals surface area contributed by atoms with E-state index in [1.807, 2.05) is 91.0 Å². The molecule has 3 aromatic carbocycles. The van der Waals surface area contributed by atoms with Crippen molar-refractivity contribution in [2.24, 2.45) is 0 Å². The van der Waals surface area contributed by atoms with Gasteiger partial charge in [-0.25, -0.2) is 0 Å². The molecule has 34 heavy (non-hydrogen) atoms. The molecule has 0 radical (unpaired) electrons. The fourth-order valence-electron chi connectivity index (χ4n) is 4.06. The summed E-state index contributed by atoms with van der Waals surface area (Å²) in [7, 11) is 0. The minimum Gasteiger partial charge on any atom is -0.388 e. The maximum absolute atomic E-state index is 11.1. The number of ether oxygens (including phenoxy) is 4. The van der Waals surface area contributed by atoms with Crippen molar-refractivity contribution in [3.8, 4) is 0 Å². The van der Waals surface area contributed by atoms with Crippen molar-refractivity contribution in [1.82, 2.24) is 0 Å². The van der Waals surface area contributed by atoms with Crippen molar-refractivity contribution in [3.05, 3.63) is 108 Å². The van der Waals surface area contributed by atoms with Crippen LogP contribution in [0, 0.1) is 0 Å². The SMILES string of the molecule is O[C@H]1C(CI)O[C@H](COCc2ccccc2)[C@@H](OCc2ccccc2)[C@@H]1OCc1ccccc1. The predicted octanol–water partition coefficient (Wildman–Crippen LogP) is 4.94. The Labute approximate surface area is 215 Å². The number of benzene rings is 3. The zero-order chi connectivity index (χ0) is 23.6. The number of hydrogen-bond acceptors (Lipinski definition) is 5. The normalized spacial score (nSPS) is 24.7. The summed E-state index contributed by atoms with van der Waals surface area (Å²) in [5, 5.41) is 11.1. The van der Waals surface area contributed by atoms with Crippen molar-refractivity contribution in [3.63, 3.8) is 0 Å². The standard InChI is InChI=1S/C28H31IO5/c29-16-24-26(30)28(33-19-23-14-8-3-9-15-23)27(32-18-22-12-6-2-7-13-22)25(34-24)20-31-17-21-10-4-1-5-11-21/h1-15,24-28,30H,16-20H2/t24?,25-,26+,27-,28-/m1/s1. The van der Waals surface area contributed by atoms with Crippen LogP contribution in [-0.4, -0.2) is 46.7 Å². The third-order valence-corrected chi connectivity index (χ3v) is 6.74. The summed E-state index contributed by atoms with van der Waals surface area (Å²) in [6.07, 6.45) is -2.54. The molecular formula is C28H31IO5. The molecule has 0 aromatic heterocycles. The maximum atomic E-state index is 11.1. The lowest BCUT2D eigenvalue weighted by Gasteiger charge is -2.44. The van der Waals surface area contributed by atoms with E-state index in [9.17, 15) is 5.11 Å². The molecule has 6 heteroatoms. The fraction of sp³-hybridized carbons (Fsp3) is 0.357. The fourth-order valence-corrected chi connectivity index (χ4v) is 4.79. The Kier molecular flexibility index (Phi) is 9.91. The first kappa shape index (κ1) is 25.3. The monoisotopic (exact) mass is 574 g/mol. The number of aliphatic hydroxyl groups is 1. The van der Waals surface area contributed by atoms with Crippen molar-refractivity contribution in [2.75, 3.05) is 11.0 Å². The molecule has 180 valence electrons. The smallest absolute Gasteiger partial charge is 0.115 e. The number of halogens is 1. The molecule has 0 amide bonds. The molecular weight excluding hydrogens is 543 g/mol. The lowest BCUT2D eigenvalue weighted by Crippen LogP contribution is -2.60. The summed E-state index contributed by atoms with van der Waals surface area (Å²) in [4.78, 5) is 0. The molecule has 3 aromatic rings. The van der Waals surface area contributed by atoms with Crippen molar-refractivity contribution in [1.29, 1.82) is 0 Å². The van der Waals surface area contributed by atoms with Gasteiger partial charge in [0, 0.05) is 4.43 Å². The van der Waals surface area contributed by atoms with E-state index < -0.39 is 18.3 Å². The highest BCUT2D eigenvalue weighted by atomic mass is 127. The summed E-state index contributed by atoms with van der Waals surface area (Å²) in [6, 6.07) is 30.0. The van der Waals surface area contributed by atoms with Crippen LogP contribution < -0.4 is 0 Å². The first-order chi connectivity index (χ1) is 16.7. The first-order valence-corrected chi connectivity index (χ1v) is 13.1. The highest BCUT2D eigenvalue weighted by Gasteiger charge is 2.46. The van der Waals surface area contributed by atoms with E-state index >= 15 is 0 Å². The van der Waals surface area contributed by atoms with Gasteiger partial charge in [-0.3, -0.25) is 0 Å². The van der Waals surface area contributed by atoms with Gasteiger partial charge < -0.3 is 24.1 Å². The van der Waals surface area contributed by atoms with Gasteiger partial charge in [0.25, 0.3) is 0 Å². The summed E-state index contributed by atoms with van der Waals surface area (Å²) >= 11 is 2.24. The molecule has 0 saturated carbocycles. The summed E-state index contributed by atoms with van der Waals surface area (Å²) in [5.74, 6) is 0. The van der Waals surface area contributed by atoms with Crippen LogP contribution in [0.1, 0.15) is 16.7 Å². The highest BCUT2D eigenvalue weighted by Crippen LogP contribution is 2.29. The molecule has 5 nitrogen and oxygen atoms in total. The van der Waals surface area contributed by atoms with E-state index in [1.54, 1.807) is 0 Å². The van der Waals surface area contributed by atoms with Gasteiger partial charge in [-0.1, -0.05) is 114 Å². The minimum absolute atomic E-state index is 0.347. The molecule has 1 aliphatic heterocycles. The molecule has 1 unspecified atom stereocenters. The van der Waals surface area contributed by atoms with E-state index in [1.165, 1.54) is 0 Å². The number of hydrogen-bond donors (Lipinski definition) is 1. The van der Waals surface area contributed by atoms with Gasteiger partial charge in [0.1, 0.15) is 24.4 Å². The van der Waals surface area contributed by atoms with E-state index in [4.69, 9.17) is 18.9 Å². The molecule has 1 heterocycles. The zero-order valence-corrected chi connectivity index (χ0v) is 21.2. The average Bonchev–Trinajstić information content (AvgIpc) is 2.89. The second kappa shape index (κ2) is 13.3. The highest BCUT2D eigenvalue weighted by molar-refractivity contribution is 14.1. The molecule has 1 N–H and O–H groups in total. The Morgan fingerprint density at radius 3 is 1.62 bits per heavy atom. The van der Waals surface area contributed by atoms with Gasteiger partial charge in [0.05, 0.1) is 32.5 Å². The minimum atomic E-state index is -0.799. The van der Waals surface area contributed by atoms with Gasteiger partial charge in [-0.2, -0.15) is 0 Å². The second-order valence-electron chi connectivity index (χ2n) is 8.38. The van der Waals surface area contributed by atoms with E-state index in [-0.39, 0.29) is 12.2 Å². The Morgan fingerprint density at radius 1 is 0.647 bits per heavy atom. The molecule has 1 saturated heterocycles. The van der Waals surface area contributed by atoms with Gasteiger partial charge in [0.15, 0.2) is 0 Å². The van der Waals surface area contributed by atoms with Crippen molar-refractivity contribution in [2.45, 2.75) is 50.3 Å². The van der Waals surface area contributed by atoms with Crippen LogP contribution in [0.4, 0.5) is 0 Å². The Morgan fingerprint density at radius 2 is 1.12 bits per heavy atom. The van der Waals surface area contributed by atoms with Crippen LogP contribution >= 0.6 is 22.6 Å². The number of aliphatic hydroxyl groups excluding tert-OH is 1. The maximum Gasteiger partial charge on any atom is 0.115 e. The third-order valence-electron chi connectivity index (χ3n) is 5.87. The Balaban J connectivity index is 1.48.